The van der Waals surface area contributed by atoms with E-state index in [-0.39, 0.29) is 18.5 Å². The molecule has 0 bridgehead atoms. The lowest BCUT2D eigenvalue weighted by atomic mass is 10.00. The minimum absolute atomic E-state index is 0.175. The van der Waals surface area contributed by atoms with Crippen LogP contribution in [-0.2, 0) is 14.2 Å². The first-order valence-electron chi connectivity index (χ1n) is 11.4. The molecule has 3 unspecified atom stereocenters. The highest BCUT2D eigenvalue weighted by atomic mass is 16.7. The van der Waals surface area contributed by atoms with Gasteiger partial charge in [-0.15, -0.1) is 0 Å². The highest BCUT2D eigenvalue weighted by Gasteiger charge is 2.24. The van der Waals surface area contributed by atoms with Gasteiger partial charge in [0.1, 0.15) is 42.7 Å². The molecule has 33 heavy (non-hydrogen) atoms. The molecule has 6 rings (SSSR count). The molecule has 0 aromatic heterocycles. The summed E-state index contributed by atoms with van der Waals surface area (Å²) >= 11 is 0. The maximum Gasteiger partial charge on any atom is 0.202 e. The molecule has 0 saturated carbocycles. The van der Waals surface area contributed by atoms with E-state index >= 15 is 0 Å². The van der Waals surface area contributed by atoms with Gasteiger partial charge in [-0.3, -0.25) is 0 Å². The van der Waals surface area contributed by atoms with E-state index in [4.69, 9.17) is 28.4 Å². The summed E-state index contributed by atoms with van der Waals surface area (Å²) < 4.78 is 33.5. The van der Waals surface area contributed by atoms with E-state index in [0.29, 0.717) is 13.2 Å². The van der Waals surface area contributed by atoms with Crippen molar-refractivity contribution in [2.75, 3.05) is 33.0 Å². The van der Waals surface area contributed by atoms with E-state index < -0.39 is 0 Å². The summed E-state index contributed by atoms with van der Waals surface area (Å²) in [5.41, 5.74) is 4.42. The molecule has 3 heterocycles. The topological polar surface area (TPSA) is 62.0 Å². The molecule has 3 aliphatic heterocycles. The van der Waals surface area contributed by atoms with Crippen LogP contribution in [0.3, 0.4) is 0 Å². The molecule has 0 amide bonds. The van der Waals surface area contributed by atoms with Crippen molar-refractivity contribution in [2.45, 2.75) is 24.9 Å². The Morgan fingerprint density at radius 1 is 0.606 bits per heavy atom. The van der Waals surface area contributed by atoms with Crippen LogP contribution < -0.4 is 14.2 Å². The van der Waals surface area contributed by atoms with Crippen LogP contribution in [0.5, 0.6) is 17.2 Å². The largest absolute Gasteiger partial charge is 0.491 e. The molecule has 0 aliphatic carbocycles. The predicted octanol–water partition coefficient (Wildman–Crippen LogP) is 4.70. The second kappa shape index (κ2) is 9.06. The molecule has 3 aromatic carbocycles. The van der Waals surface area contributed by atoms with Crippen molar-refractivity contribution in [3.63, 3.8) is 0 Å². The Kier molecular flexibility index (Phi) is 5.64. The third-order valence-corrected chi connectivity index (χ3v) is 5.89. The zero-order valence-electron chi connectivity index (χ0n) is 18.3. The number of epoxide rings is 2. The van der Waals surface area contributed by atoms with Crippen LogP contribution >= 0.6 is 0 Å². The molecule has 3 aliphatic rings. The Morgan fingerprint density at radius 2 is 1.12 bits per heavy atom. The minimum atomic E-state index is -0.175. The van der Waals surface area contributed by atoms with Crippen molar-refractivity contribution in [1.82, 2.24) is 0 Å². The lowest BCUT2D eigenvalue weighted by Gasteiger charge is -2.27. The zero-order chi connectivity index (χ0) is 22.0. The van der Waals surface area contributed by atoms with Crippen molar-refractivity contribution in [3.8, 4) is 39.5 Å². The van der Waals surface area contributed by atoms with Crippen LogP contribution in [0.4, 0.5) is 0 Å². The van der Waals surface area contributed by atoms with Gasteiger partial charge in [-0.2, -0.15) is 0 Å². The standard InChI is InChI=1S/C27H26O6/c1-3-20(4-2-18(1)19-5-7-22(8-6-19)29-14-25-16-31-25)21-11-23(30-15-26-17-32-26)13-24(12-21)33-27-9-10-28-27/h1-8,11-13,25-27H,9-10,14-17H2. The fraction of sp³-hybridized carbons (Fsp3) is 0.333. The van der Waals surface area contributed by atoms with Crippen LogP contribution in [-0.4, -0.2) is 51.5 Å². The summed E-state index contributed by atoms with van der Waals surface area (Å²) in [6.07, 6.45) is 1.19. The molecule has 170 valence electrons. The Morgan fingerprint density at radius 3 is 1.67 bits per heavy atom. The summed E-state index contributed by atoms with van der Waals surface area (Å²) in [7, 11) is 0. The SMILES string of the molecule is c1cc(-c2ccc(-c3cc(OCC4CO4)cc(OC4CCO4)c3)cc2)ccc1OCC1CO1. The Labute approximate surface area is 192 Å². The van der Waals surface area contributed by atoms with Crippen LogP contribution in [0, 0.1) is 0 Å². The second-order valence-electron chi connectivity index (χ2n) is 8.53. The van der Waals surface area contributed by atoms with Crippen molar-refractivity contribution < 1.29 is 28.4 Å². The monoisotopic (exact) mass is 446 g/mol. The molecule has 3 aromatic rings. The molecule has 3 fully saturated rings. The maximum absolute atomic E-state index is 5.97. The van der Waals surface area contributed by atoms with Gasteiger partial charge in [0.2, 0.25) is 6.29 Å². The number of rotatable bonds is 10. The first-order chi connectivity index (χ1) is 16.3. The highest BCUT2D eigenvalue weighted by Crippen LogP contribution is 2.33. The zero-order valence-corrected chi connectivity index (χ0v) is 18.3. The highest BCUT2D eigenvalue weighted by molar-refractivity contribution is 5.72. The smallest absolute Gasteiger partial charge is 0.202 e. The average molecular weight is 446 g/mol. The van der Waals surface area contributed by atoms with Crippen molar-refractivity contribution >= 4 is 0 Å². The van der Waals surface area contributed by atoms with E-state index in [2.05, 4.69) is 36.4 Å². The Hall–Kier alpha value is -3.06. The minimum Gasteiger partial charge on any atom is -0.491 e. The van der Waals surface area contributed by atoms with Crippen LogP contribution in [0.25, 0.3) is 22.3 Å². The van der Waals surface area contributed by atoms with Gasteiger partial charge in [0.25, 0.3) is 0 Å². The molecule has 3 atom stereocenters. The van der Waals surface area contributed by atoms with Crippen LogP contribution in [0.15, 0.2) is 66.7 Å². The van der Waals surface area contributed by atoms with Gasteiger partial charge < -0.3 is 28.4 Å². The van der Waals surface area contributed by atoms with Crippen molar-refractivity contribution in [1.29, 1.82) is 0 Å². The van der Waals surface area contributed by atoms with Gasteiger partial charge in [-0.05, 0) is 46.5 Å². The lowest BCUT2D eigenvalue weighted by Crippen LogP contribution is -2.32. The summed E-state index contributed by atoms with van der Waals surface area (Å²) in [5, 5.41) is 0. The van der Waals surface area contributed by atoms with Crippen molar-refractivity contribution in [2.24, 2.45) is 0 Å². The first-order valence-corrected chi connectivity index (χ1v) is 11.4. The molecular formula is C27H26O6. The third kappa shape index (κ3) is 5.30. The average Bonchev–Trinajstić information content (AvgIpc) is 3.74. The summed E-state index contributed by atoms with van der Waals surface area (Å²) in [6, 6.07) is 22.7. The van der Waals surface area contributed by atoms with Gasteiger partial charge in [0.05, 0.1) is 19.8 Å². The number of benzene rings is 3. The van der Waals surface area contributed by atoms with E-state index in [0.717, 1.165) is 65.7 Å². The maximum atomic E-state index is 5.97. The molecule has 6 nitrogen and oxygen atoms in total. The second-order valence-corrected chi connectivity index (χ2v) is 8.53. The van der Waals surface area contributed by atoms with Gasteiger partial charge in [0.15, 0.2) is 0 Å². The molecule has 3 saturated heterocycles. The summed E-state index contributed by atoms with van der Waals surface area (Å²) in [5.74, 6) is 2.39. The first kappa shape index (κ1) is 20.5. The van der Waals surface area contributed by atoms with E-state index in [1.54, 1.807) is 0 Å². The summed E-state index contributed by atoms with van der Waals surface area (Å²) in [6.45, 7) is 3.48. The molecular weight excluding hydrogens is 420 g/mol. The third-order valence-electron chi connectivity index (χ3n) is 5.89. The van der Waals surface area contributed by atoms with E-state index in [9.17, 15) is 0 Å². The van der Waals surface area contributed by atoms with E-state index in [1.807, 2.05) is 30.3 Å². The van der Waals surface area contributed by atoms with Gasteiger partial charge in [0, 0.05) is 12.5 Å². The van der Waals surface area contributed by atoms with Gasteiger partial charge in [-0.1, -0.05) is 36.4 Å². The number of hydrogen-bond acceptors (Lipinski definition) is 6. The Balaban J connectivity index is 1.18. The fourth-order valence-electron chi connectivity index (χ4n) is 3.65. The molecule has 0 N–H and O–H groups in total. The summed E-state index contributed by atoms with van der Waals surface area (Å²) in [4.78, 5) is 0. The van der Waals surface area contributed by atoms with Crippen LogP contribution in [0.2, 0.25) is 0 Å². The van der Waals surface area contributed by atoms with Crippen LogP contribution in [0.1, 0.15) is 6.42 Å². The quantitative estimate of drug-likeness (QED) is 0.421. The normalized spacial score (nSPS) is 22.8. The van der Waals surface area contributed by atoms with Gasteiger partial charge in [-0.25, -0.2) is 0 Å². The number of ether oxygens (including phenoxy) is 6. The Bertz CT molecular complexity index is 1080. The van der Waals surface area contributed by atoms with E-state index in [1.165, 1.54) is 0 Å². The molecule has 0 radical (unpaired) electrons. The number of hydrogen-bond donors (Lipinski definition) is 0. The van der Waals surface area contributed by atoms with Gasteiger partial charge >= 0.3 is 0 Å². The predicted molar refractivity (Wildman–Crippen MR) is 123 cm³/mol. The van der Waals surface area contributed by atoms with Crippen molar-refractivity contribution in [3.05, 3.63) is 66.7 Å². The lowest BCUT2D eigenvalue weighted by molar-refractivity contribution is -0.165. The molecule has 6 heteroatoms. The fourth-order valence-corrected chi connectivity index (χ4v) is 3.65. The molecule has 0 spiro atoms.